The maximum absolute atomic E-state index is 6.13. The summed E-state index contributed by atoms with van der Waals surface area (Å²) >= 11 is 7.91. The van der Waals surface area contributed by atoms with Gasteiger partial charge in [-0.1, -0.05) is 17.7 Å². The largest absolute Gasteiger partial charge is 0.367 e. The highest BCUT2D eigenvalue weighted by Gasteiger charge is 2.17. The molecule has 0 saturated heterocycles. The van der Waals surface area contributed by atoms with Gasteiger partial charge in [-0.2, -0.15) is 0 Å². The molecule has 0 fully saturated rings. The van der Waals surface area contributed by atoms with Gasteiger partial charge >= 0.3 is 0 Å². The van der Waals surface area contributed by atoms with Gasteiger partial charge in [-0.15, -0.1) is 11.3 Å². The van der Waals surface area contributed by atoms with Crippen molar-refractivity contribution in [2.75, 3.05) is 11.9 Å². The van der Waals surface area contributed by atoms with Crippen LogP contribution in [0.4, 0.5) is 5.69 Å². The maximum atomic E-state index is 6.13. The van der Waals surface area contributed by atoms with Gasteiger partial charge in [0.2, 0.25) is 0 Å². The van der Waals surface area contributed by atoms with E-state index in [-0.39, 0.29) is 6.04 Å². The van der Waals surface area contributed by atoms with E-state index in [1.54, 1.807) is 11.3 Å². The molecule has 2 N–H and O–H groups in total. The number of hydrogen-bond donors (Lipinski definition) is 1. The second kappa shape index (κ2) is 6.61. The summed E-state index contributed by atoms with van der Waals surface area (Å²) < 4.78 is 0. The molecule has 0 spiro atoms. The monoisotopic (exact) mass is 308 g/mol. The number of anilines is 1. The summed E-state index contributed by atoms with van der Waals surface area (Å²) in [5, 5.41) is 2.88. The minimum absolute atomic E-state index is 0.123. The molecule has 4 heteroatoms. The van der Waals surface area contributed by atoms with Gasteiger partial charge < -0.3 is 10.6 Å². The topological polar surface area (TPSA) is 29.3 Å². The van der Waals surface area contributed by atoms with Crippen molar-refractivity contribution < 1.29 is 0 Å². The van der Waals surface area contributed by atoms with Crippen LogP contribution in [0.3, 0.4) is 0 Å². The Bertz CT molecular complexity index is 552. The van der Waals surface area contributed by atoms with E-state index < -0.39 is 0 Å². The minimum Gasteiger partial charge on any atom is -0.367 e. The molecule has 2 nitrogen and oxygen atoms in total. The molecule has 2 unspecified atom stereocenters. The third kappa shape index (κ3) is 3.54. The summed E-state index contributed by atoms with van der Waals surface area (Å²) in [5.74, 6) is 0. The van der Waals surface area contributed by atoms with Crippen LogP contribution in [0.5, 0.6) is 0 Å². The summed E-state index contributed by atoms with van der Waals surface area (Å²) in [6.07, 6.45) is 0.831. The smallest absolute Gasteiger partial charge is 0.0603 e. The van der Waals surface area contributed by atoms with Crippen LogP contribution >= 0.6 is 22.9 Å². The van der Waals surface area contributed by atoms with E-state index in [2.05, 4.69) is 42.5 Å². The summed E-state index contributed by atoms with van der Waals surface area (Å²) in [6, 6.07) is 10.8. The van der Waals surface area contributed by atoms with Crippen LogP contribution in [0.25, 0.3) is 0 Å². The number of thiophene rings is 1. The lowest BCUT2D eigenvalue weighted by molar-refractivity contribution is 0.716. The fourth-order valence-corrected chi connectivity index (χ4v) is 3.36. The Morgan fingerprint density at radius 1 is 1.30 bits per heavy atom. The van der Waals surface area contributed by atoms with Crippen molar-refractivity contribution in [1.82, 2.24) is 0 Å². The van der Waals surface area contributed by atoms with Crippen LogP contribution in [0.1, 0.15) is 30.3 Å². The second-order valence-electron chi connectivity index (χ2n) is 5.26. The van der Waals surface area contributed by atoms with Crippen molar-refractivity contribution in [1.29, 1.82) is 0 Å². The third-order valence-corrected chi connectivity index (χ3v) is 4.78. The molecule has 1 heterocycles. The molecule has 2 aromatic rings. The lowest BCUT2D eigenvalue weighted by Crippen LogP contribution is -2.24. The zero-order valence-electron chi connectivity index (χ0n) is 12.1. The fourth-order valence-electron chi connectivity index (χ4n) is 2.34. The molecule has 2 atom stereocenters. The van der Waals surface area contributed by atoms with E-state index in [0.29, 0.717) is 6.04 Å². The summed E-state index contributed by atoms with van der Waals surface area (Å²) in [7, 11) is 2.12. The first kappa shape index (κ1) is 15.4. The number of rotatable bonds is 5. The molecular weight excluding hydrogens is 288 g/mol. The second-order valence-corrected chi connectivity index (χ2v) is 6.67. The Kier molecular flexibility index (Phi) is 5.08. The van der Waals surface area contributed by atoms with Gasteiger partial charge in [-0.25, -0.2) is 0 Å². The third-order valence-electron chi connectivity index (χ3n) is 3.50. The van der Waals surface area contributed by atoms with E-state index in [1.807, 2.05) is 19.1 Å². The SMILES string of the molecule is CC(N)Cc1cc(Cl)ccc1N(C)C(C)c1cccs1. The number of halogens is 1. The molecule has 108 valence electrons. The number of benzene rings is 1. The molecule has 1 aromatic carbocycles. The van der Waals surface area contributed by atoms with Gasteiger partial charge in [0, 0.05) is 28.7 Å². The molecule has 0 radical (unpaired) electrons. The zero-order valence-corrected chi connectivity index (χ0v) is 13.7. The van der Waals surface area contributed by atoms with Crippen molar-refractivity contribution in [3.63, 3.8) is 0 Å². The normalized spacial score (nSPS) is 14.1. The fraction of sp³-hybridized carbons (Fsp3) is 0.375. The number of hydrogen-bond acceptors (Lipinski definition) is 3. The standard InChI is InChI=1S/C16H21ClN2S/c1-11(18)9-13-10-14(17)6-7-15(13)19(3)12(2)16-5-4-8-20-16/h4-8,10-12H,9,18H2,1-3H3. The minimum atomic E-state index is 0.123. The average molecular weight is 309 g/mol. The van der Waals surface area contributed by atoms with E-state index in [4.69, 9.17) is 17.3 Å². The van der Waals surface area contributed by atoms with E-state index in [9.17, 15) is 0 Å². The molecule has 0 aliphatic carbocycles. The first-order chi connectivity index (χ1) is 9.49. The van der Waals surface area contributed by atoms with Gasteiger partial charge in [0.25, 0.3) is 0 Å². The molecule has 2 rings (SSSR count). The first-order valence-electron chi connectivity index (χ1n) is 6.79. The Morgan fingerprint density at radius 2 is 2.05 bits per heavy atom. The van der Waals surface area contributed by atoms with E-state index in [1.165, 1.54) is 16.1 Å². The van der Waals surface area contributed by atoms with Crippen LogP contribution in [-0.4, -0.2) is 13.1 Å². The summed E-state index contributed by atoms with van der Waals surface area (Å²) in [5.41, 5.74) is 8.36. The highest BCUT2D eigenvalue weighted by Crippen LogP contribution is 2.32. The molecule has 0 saturated carbocycles. The van der Waals surface area contributed by atoms with Crippen molar-refractivity contribution in [3.05, 3.63) is 51.2 Å². The van der Waals surface area contributed by atoms with Gasteiger partial charge in [-0.05, 0) is 55.5 Å². The van der Waals surface area contributed by atoms with Gasteiger partial charge in [0.1, 0.15) is 0 Å². The van der Waals surface area contributed by atoms with Crippen LogP contribution < -0.4 is 10.6 Å². The molecule has 0 aliphatic rings. The molecular formula is C16H21ClN2S. The molecule has 20 heavy (non-hydrogen) atoms. The van der Waals surface area contributed by atoms with Crippen LogP contribution in [0.15, 0.2) is 35.7 Å². The lowest BCUT2D eigenvalue weighted by atomic mass is 10.0. The van der Waals surface area contributed by atoms with Crippen LogP contribution in [0.2, 0.25) is 5.02 Å². The summed E-state index contributed by atoms with van der Waals surface area (Å²) in [4.78, 5) is 3.65. The molecule has 1 aromatic heterocycles. The number of nitrogens with zero attached hydrogens (tertiary/aromatic N) is 1. The van der Waals surface area contributed by atoms with Crippen molar-refractivity contribution in [3.8, 4) is 0 Å². The Balaban J connectivity index is 2.31. The molecule has 0 amide bonds. The predicted molar refractivity (Wildman–Crippen MR) is 89.9 cm³/mol. The van der Waals surface area contributed by atoms with E-state index in [0.717, 1.165) is 11.4 Å². The molecule has 0 aliphatic heterocycles. The predicted octanol–water partition coefficient (Wildman–Crippen LogP) is 4.49. The summed E-state index contributed by atoms with van der Waals surface area (Å²) in [6.45, 7) is 4.24. The van der Waals surface area contributed by atoms with E-state index >= 15 is 0 Å². The van der Waals surface area contributed by atoms with Crippen molar-refractivity contribution >= 4 is 28.6 Å². The Morgan fingerprint density at radius 3 is 2.65 bits per heavy atom. The molecule has 0 bridgehead atoms. The van der Waals surface area contributed by atoms with Gasteiger partial charge in [0.15, 0.2) is 0 Å². The Hall–Kier alpha value is -1.03. The van der Waals surface area contributed by atoms with Crippen LogP contribution in [0, 0.1) is 0 Å². The zero-order chi connectivity index (χ0) is 14.7. The van der Waals surface area contributed by atoms with Gasteiger partial charge in [-0.3, -0.25) is 0 Å². The highest BCUT2D eigenvalue weighted by atomic mass is 35.5. The maximum Gasteiger partial charge on any atom is 0.0603 e. The Labute approximate surface area is 130 Å². The van der Waals surface area contributed by atoms with Crippen molar-refractivity contribution in [2.24, 2.45) is 5.73 Å². The average Bonchev–Trinajstić information content (AvgIpc) is 2.90. The lowest BCUT2D eigenvalue weighted by Gasteiger charge is -2.29. The highest BCUT2D eigenvalue weighted by molar-refractivity contribution is 7.10. The first-order valence-corrected chi connectivity index (χ1v) is 8.05. The van der Waals surface area contributed by atoms with Crippen molar-refractivity contribution in [2.45, 2.75) is 32.4 Å². The number of nitrogens with two attached hydrogens (primary N) is 1. The quantitative estimate of drug-likeness (QED) is 0.882. The van der Waals surface area contributed by atoms with Gasteiger partial charge in [0.05, 0.1) is 6.04 Å². The van der Waals surface area contributed by atoms with Crippen LogP contribution in [-0.2, 0) is 6.42 Å².